The van der Waals surface area contributed by atoms with E-state index in [9.17, 15) is 13.2 Å². The van der Waals surface area contributed by atoms with Crippen LogP contribution in [0.3, 0.4) is 0 Å². The summed E-state index contributed by atoms with van der Waals surface area (Å²) in [5.41, 5.74) is 0.528. The number of rotatable bonds is 5. The first-order valence-electron chi connectivity index (χ1n) is 6.23. The molecule has 122 valence electrons. The van der Waals surface area contributed by atoms with E-state index in [2.05, 4.69) is 20.2 Å². The van der Waals surface area contributed by atoms with Gasteiger partial charge in [-0.1, -0.05) is 5.16 Å². The molecule has 5 nitrogen and oxygen atoms in total. The molecule has 0 fully saturated rings. The highest BCUT2D eigenvalue weighted by Crippen LogP contribution is 2.25. The van der Waals surface area contributed by atoms with Gasteiger partial charge in [0, 0.05) is 18.0 Å². The highest BCUT2D eigenvalue weighted by Gasteiger charge is 2.31. The monoisotopic (exact) mass is 337 g/mol. The number of likely N-dealkylation sites (N-methyl/N-ethyl adjacent to an activating group) is 1. The zero-order valence-electron chi connectivity index (χ0n) is 11.8. The third-order valence-electron chi connectivity index (χ3n) is 2.78. The lowest BCUT2D eigenvalue weighted by Gasteiger charge is -2.08. The number of nitrogens with one attached hydrogen (secondary N) is 1. The lowest BCUT2D eigenvalue weighted by molar-refractivity contribution is -0.274. The molecule has 0 aliphatic rings. The maximum atomic E-state index is 12.1. The van der Waals surface area contributed by atoms with Crippen LogP contribution in [0.25, 0.3) is 11.5 Å². The van der Waals surface area contributed by atoms with E-state index in [0.29, 0.717) is 17.8 Å². The van der Waals surface area contributed by atoms with Crippen molar-refractivity contribution in [2.24, 2.45) is 0 Å². The number of halogens is 4. The van der Waals surface area contributed by atoms with E-state index in [4.69, 9.17) is 4.52 Å². The summed E-state index contributed by atoms with van der Waals surface area (Å²) in [5.74, 6) is 0.490. The van der Waals surface area contributed by atoms with Gasteiger partial charge in [0.25, 0.3) is 5.89 Å². The molecule has 1 unspecified atom stereocenters. The van der Waals surface area contributed by atoms with Gasteiger partial charge in [0.1, 0.15) is 5.75 Å². The second-order valence-electron chi connectivity index (χ2n) is 4.48. The molecule has 9 heteroatoms. The van der Waals surface area contributed by atoms with Crippen LogP contribution in [0.2, 0.25) is 0 Å². The zero-order chi connectivity index (χ0) is 15.5. The minimum absolute atomic E-state index is 0. The third kappa shape index (κ3) is 5.19. The van der Waals surface area contributed by atoms with Crippen LogP contribution in [0, 0.1) is 0 Å². The summed E-state index contributed by atoms with van der Waals surface area (Å²) in [6.45, 7) is 1.97. The molecule has 1 aromatic carbocycles. The summed E-state index contributed by atoms with van der Waals surface area (Å²) in [6, 6.07) is 5.45. The zero-order valence-corrected chi connectivity index (χ0v) is 12.7. The summed E-state index contributed by atoms with van der Waals surface area (Å²) >= 11 is 0. The van der Waals surface area contributed by atoms with Crippen molar-refractivity contribution in [3.05, 3.63) is 30.1 Å². The smallest absolute Gasteiger partial charge is 0.406 e. The van der Waals surface area contributed by atoms with Crippen molar-refractivity contribution in [2.75, 3.05) is 7.05 Å². The predicted octanol–water partition coefficient (Wildman–Crippen LogP) is 3.21. The summed E-state index contributed by atoms with van der Waals surface area (Å²) in [5, 5.41) is 6.87. The number of benzene rings is 1. The molecule has 1 atom stereocenters. The average molecular weight is 338 g/mol. The fourth-order valence-electron chi connectivity index (χ4n) is 1.63. The Bertz CT molecular complexity index is 587. The fraction of sp³-hybridized carbons (Fsp3) is 0.385. The summed E-state index contributed by atoms with van der Waals surface area (Å²) in [6.07, 6.45) is -4.11. The molecule has 1 N–H and O–H groups in total. The van der Waals surface area contributed by atoms with Crippen molar-refractivity contribution in [3.8, 4) is 17.2 Å². The predicted molar refractivity (Wildman–Crippen MR) is 75.9 cm³/mol. The van der Waals surface area contributed by atoms with Gasteiger partial charge in [-0.3, -0.25) is 0 Å². The Morgan fingerprint density at radius 3 is 2.45 bits per heavy atom. The van der Waals surface area contributed by atoms with Crippen LogP contribution in [0.4, 0.5) is 13.2 Å². The van der Waals surface area contributed by atoms with Crippen LogP contribution in [0.5, 0.6) is 5.75 Å². The molecule has 2 rings (SSSR count). The van der Waals surface area contributed by atoms with Gasteiger partial charge in [-0.2, -0.15) is 4.98 Å². The summed E-state index contributed by atoms with van der Waals surface area (Å²) < 4.78 is 45.0. The van der Waals surface area contributed by atoms with E-state index in [1.54, 1.807) is 0 Å². The molecule has 0 radical (unpaired) electrons. The Balaban J connectivity index is 0.00000242. The number of hydrogen-bond donors (Lipinski definition) is 1. The Morgan fingerprint density at radius 2 is 1.91 bits per heavy atom. The van der Waals surface area contributed by atoms with Crippen LogP contribution < -0.4 is 10.1 Å². The summed E-state index contributed by atoms with van der Waals surface area (Å²) in [7, 11) is 1.82. The molecule has 1 heterocycles. The van der Waals surface area contributed by atoms with E-state index in [0.717, 1.165) is 0 Å². The van der Waals surface area contributed by atoms with Crippen molar-refractivity contribution in [1.82, 2.24) is 15.5 Å². The van der Waals surface area contributed by atoms with Crippen molar-refractivity contribution in [2.45, 2.75) is 25.7 Å². The van der Waals surface area contributed by atoms with E-state index in [1.807, 2.05) is 14.0 Å². The molecule has 0 amide bonds. The van der Waals surface area contributed by atoms with E-state index < -0.39 is 6.36 Å². The first-order chi connectivity index (χ1) is 9.87. The molecule has 22 heavy (non-hydrogen) atoms. The van der Waals surface area contributed by atoms with Gasteiger partial charge in [0.15, 0.2) is 5.82 Å². The number of nitrogens with zero attached hydrogens (tertiary/aromatic N) is 2. The molecule has 0 aliphatic carbocycles. The second-order valence-corrected chi connectivity index (χ2v) is 4.48. The maximum Gasteiger partial charge on any atom is 0.573 e. The SMILES string of the molecule is CNC(C)Cc1noc(-c2ccc(OC(F)(F)F)cc2)n1.Cl. The number of hydrogen-bond acceptors (Lipinski definition) is 5. The van der Waals surface area contributed by atoms with Gasteiger partial charge in [0.2, 0.25) is 0 Å². The van der Waals surface area contributed by atoms with E-state index in [-0.39, 0.29) is 30.1 Å². The van der Waals surface area contributed by atoms with Crippen LogP contribution in [0.15, 0.2) is 28.8 Å². The van der Waals surface area contributed by atoms with Crippen molar-refractivity contribution in [1.29, 1.82) is 0 Å². The van der Waals surface area contributed by atoms with Gasteiger partial charge in [0.05, 0.1) is 0 Å². The lowest BCUT2D eigenvalue weighted by Crippen LogP contribution is -2.24. The normalized spacial score (nSPS) is 12.6. The molecule has 0 spiro atoms. The molecule has 0 bridgehead atoms. The van der Waals surface area contributed by atoms with E-state index in [1.165, 1.54) is 24.3 Å². The van der Waals surface area contributed by atoms with Gasteiger partial charge in [-0.05, 0) is 38.2 Å². The first-order valence-corrected chi connectivity index (χ1v) is 6.23. The second kappa shape index (κ2) is 7.46. The van der Waals surface area contributed by atoms with Gasteiger partial charge >= 0.3 is 6.36 Å². The highest BCUT2D eigenvalue weighted by atomic mass is 35.5. The Kier molecular flexibility index (Phi) is 6.19. The standard InChI is InChI=1S/C13H14F3N3O2.ClH/c1-8(17-2)7-11-18-12(21-19-11)9-3-5-10(6-4-9)20-13(14,15)16;/h3-6,8,17H,7H2,1-2H3;1H. The average Bonchev–Trinajstić information content (AvgIpc) is 2.86. The number of ether oxygens (including phenoxy) is 1. The molecular formula is C13H15ClF3N3O2. The lowest BCUT2D eigenvalue weighted by atomic mass is 10.2. The van der Waals surface area contributed by atoms with Crippen LogP contribution in [-0.4, -0.2) is 29.6 Å². The quantitative estimate of drug-likeness (QED) is 0.907. The molecule has 2 aromatic rings. The number of alkyl halides is 3. The third-order valence-corrected chi connectivity index (χ3v) is 2.78. The molecule has 1 aromatic heterocycles. The largest absolute Gasteiger partial charge is 0.573 e. The molecule has 0 saturated carbocycles. The topological polar surface area (TPSA) is 60.2 Å². The van der Waals surface area contributed by atoms with Crippen LogP contribution in [0.1, 0.15) is 12.7 Å². The van der Waals surface area contributed by atoms with Crippen LogP contribution in [-0.2, 0) is 6.42 Å². The Hall–Kier alpha value is -1.80. The van der Waals surface area contributed by atoms with Crippen LogP contribution >= 0.6 is 12.4 Å². The van der Waals surface area contributed by atoms with Gasteiger partial charge in [-0.15, -0.1) is 25.6 Å². The van der Waals surface area contributed by atoms with Crippen molar-refractivity contribution in [3.63, 3.8) is 0 Å². The number of aromatic nitrogens is 2. The minimum atomic E-state index is -4.71. The molecular weight excluding hydrogens is 323 g/mol. The van der Waals surface area contributed by atoms with Crippen molar-refractivity contribution < 1.29 is 22.4 Å². The minimum Gasteiger partial charge on any atom is -0.406 e. The van der Waals surface area contributed by atoms with Crippen molar-refractivity contribution >= 4 is 12.4 Å². The first kappa shape index (κ1) is 18.2. The highest BCUT2D eigenvalue weighted by molar-refractivity contribution is 5.85. The van der Waals surface area contributed by atoms with Gasteiger partial charge < -0.3 is 14.6 Å². The van der Waals surface area contributed by atoms with E-state index >= 15 is 0 Å². The van der Waals surface area contributed by atoms with Gasteiger partial charge in [-0.25, -0.2) is 0 Å². The maximum absolute atomic E-state index is 12.1. The Morgan fingerprint density at radius 1 is 1.27 bits per heavy atom. The summed E-state index contributed by atoms with van der Waals surface area (Å²) in [4.78, 5) is 4.19. The fourth-order valence-corrected chi connectivity index (χ4v) is 1.63. The molecule has 0 saturated heterocycles. The Labute approximate surface area is 131 Å². The molecule has 0 aliphatic heterocycles.